The highest BCUT2D eigenvalue weighted by Crippen LogP contribution is 2.35. The SMILES string of the molecule is COc1ccc2c(c1)/C(=C/c1ccc(C)[nH]1)C(=O)N2. The molecule has 0 radical (unpaired) electrons. The normalized spacial score (nSPS) is 15.5. The molecule has 4 heteroatoms. The van der Waals surface area contributed by atoms with Gasteiger partial charge in [0.15, 0.2) is 0 Å². The Hall–Kier alpha value is -2.49. The summed E-state index contributed by atoms with van der Waals surface area (Å²) < 4.78 is 5.20. The van der Waals surface area contributed by atoms with Crippen molar-refractivity contribution in [1.29, 1.82) is 0 Å². The van der Waals surface area contributed by atoms with Crippen LogP contribution in [0.25, 0.3) is 11.6 Å². The Balaban J connectivity index is 2.08. The third-order valence-electron chi connectivity index (χ3n) is 3.16. The number of H-pyrrole nitrogens is 1. The van der Waals surface area contributed by atoms with Crippen LogP contribution in [0.1, 0.15) is 17.0 Å². The first-order valence-corrected chi connectivity index (χ1v) is 6.04. The maximum atomic E-state index is 12.0. The Labute approximate surface area is 111 Å². The van der Waals surface area contributed by atoms with Gasteiger partial charge in [0, 0.05) is 22.6 Å². The summed E-state index contributed by atoms with van der Waals surface area (Å²) in [6.07, 6.45) is 1.85. The molecular formula is C15H14N2O2. The van der Waals surface area contributed by atoms with Crippen molar-refractivity contribution in [2.24, 2.45) is 0 Å². The Morgan fingerprint density at radius 3 is 2.74 bits per heavy atom. The van der Waals surface area contributed by atoms with E-state index >= 15 is 0 Å². The predicted octanol–water partition coefficient (Wildman–Crippen LogP) is 2.82. The molecule has 3 rings (SSSR count). The average Bonchev–Trinajstić information content (AvgIpc) is 2.94. The van der Waals surface area contributed by atoms with E-state index < -0.39 is 0 Å². The molecule has 1 aromatic heterocycles. The molecule has 0 unspecified atom stereocenters. The highest BCUT2D eigenvalue weighted by molar-refractivity contribution is 6.34. The van der Waals surface area contributed by atoms with Crippen LogP contribution in [0.15, 0.2) is 30.3 Å². The third-order valence-corrected chi connectivity index (χ3v) is 3.16. The van der Waals surface area contributed by atoms with Crippen LogP contribution in [-0.4, -0.2) is 18.0 Å². The molecule has 0 saturated heterocycles. The number of hydrogen-bond donors (Lipinski definition) is 2. The molecule has 2 aromatic rings. The van der Waals surface area contributed by atoms with Crippen molar-refractivity contribution < 1.29 is 9.53 Å². The Morgan fingerprint density at radius 1 is 1.21 bits per heavy atom. The first-order valence-electron chi connectivity index (χ1n) is 6.04. The number of carbonyl (C=O) groups excluding carboxylic acids is 1. The summed E-state index contributed by atoms with van der Waals surface area (Å²) in [7, 11) is 1.61. The molecule has 96 valence electrons. The van der Waals surface area contributed by atoms with E-state index in [0.29, 0.717) is 5.57 Å². The zero-order valence-electron chi connectivity index (χ0n) is 10.8. The van der Waals surface area contributed by atoms with Gasteiger partial charge in [-0.15, -0.1) is 0 Å². The molecule has 0 fully saturated rings. The molecule has 0 spiro atoms. The third kappa shape index (κ3) is 2.01. The molecule has 19 heavy (non-hydrogen) atoms. The summed E-state index contributed by atoms with van der Waals surface area (Å²) in [5, 5.41) is 2.85. The quantitative estimate of drug-likeness (QED) is 0.810. The van der Waals surface area contributed by atoms with Gasteiger partial charge in [-0.05, 0) is 43.3 Å². The molecule has 1 aromatic carbocycles. The van der Waals surface area contributed by atoms with Crippen molar-refractivity contribution in [2.75, 3.05) is 12.4 Å². The second-order valence-corrected chi connectivity index (χ2v) is 4.52. The summed E-state index contributed by atoms with van der Waals surface area (Å²) in [6.45, 7) is 1.98. The van der Waals surface area contributed by atoms with Crippen molar-refractivity contribution in [1.82, 2.24) is 4.98 Å². The fraction of sp³-hybridized carbons (Fsp3) is 0.133. The van der Waals surface area contributed by atoms with Gasteiger partial charge in [0.1, 0.15) is 5.75 Å². The van der Waals surface area contributed by atoms with Crippen LogP contribution in [0.2, 0.25) is 0 Å². The van der Waals surface area contributed by atoms with Crippen LogP contribution in [-0.2, 0) is 4.79 Å². The fourth-order valence-electron chi connectivity index (χ4n) is 2.20. The summed E-state index contributed by atoms with van der Waals surface area (Å²) >= 11 is 0. The number of aromatic nitrogens is 1. The lowest BCUT2D eigenvalue weighted by atomic mass is 10.1. The second-order valence-electron chi connectivity index (χ2n) is 4.52. The van der Waals surface area contributed by atoms with Gasteiger partial charge >= 0.3 is 0 Å². The van der Waals surface area contributed by atoms with Crippen LogP contribution in [0, 0.1) is 6.92 Å². The summed E-state index contributed by atoms with van der Waals surface area (Å²) in [5.74, 6) is 0.652. The molecule has 2 N–H and O–H groups in total. The maximum absolute atomic E-state index is 12.0. The number of aryl methyl sites for hydroxylation is 1. The topological polar surface area (TPSA) is 54.1 Å². The van der Waals surface area contributed by atoms with E-state index in [1.165, 1.54) is 0 Å². The van der Waals surface area contributed by atoms with E-state index in [1.807, 2.05) is 43.3 Å². The molecule has 1 amide bonds. The van der Waals surface area contributed by atoms with Gasteiger partial charge in [-0.2, -0.15) is 0 Å². The first kappa shape index (κ1) is 11.6. The fourth-order valence-corrected chi connectivity index (χ4v) is 2.20. The van der Waals surface area contributed by atoms with Gasteiger partial charge in [0.05, 0.1) is 12.7 Å². The average molecular weight is 254 g/mol. The van der Waals surface area contributed by atoms with Gasteiger partial charge in [-0.25, -0.2) is 0 Å². The number of benzene rings is 1. The number of aromatic amines is 1. The van der Waals surface area contributed by atoms with E-state index in [-0.39, 0.29) is 5.91 Å². The van der Waals surface area contributed by atoms with Gasteiger partial charge in [0.25, 0.3) is 5.91 Å². The molecule has 1 aliphatic rings. The standard InChI is InChI=1S/C15H14N2O2/c1-9-3-4-10(16-9)7-13-12-8-11(19-2)5-6-14(12)17-15(13)18/h3-8,16H,1-2H3,(H,17,18)/b13-7-. The smallest absolute Gasteiger partial charge is 0.256 e. The minimum atomic E-state index is -0.0875. The molecule has 0 aliphatic carbocycles. The summed E-state index contributed by atoms with van der Waals surface area (Å²) in [5.41, 5.74) is 4.32. The van der Waals surface area contributed by atoms with Gasteiger partial charge in [-0.1, -0.05) is 0 Å². The Kier molecular flexibility index (Phi) is 2.63. The van der Waals surface area contributed by atoms with Gasteiger partial charge in [0.2, 0.25) is 0 Å². The molecule has 0 saturated carbocycles. The minimum absolute atomic E-state index is 0.0875. The van der Waals surface area contributed by atoms with Crippen LogP contribution in [0.3, 0.4) is 0 Å². The summed E-state index contributed by atoms with van der Waals surface area (Å²) in [4.78, 5) is 15.2. The van der Waals surface area contributed by atoms with Crippen molar-refractivity contribution in [3.8, 4) is 5.75 Å². The number of hydrogen-bond acceptors (Lipinski definition) is 2. The number of amides is 1. The maximum Gasteiger partial charge on any atom is 0.256 e. The molecule has 4 nitrogen and oxygen atoms in total. The highest BCUT2D eigenvalue weighted by atomic mass is 16.5. The number of methoxy groups -OCH3 is 1. The number of anilines is 1. The first-order chi connectivity index (χ1) is 9.17. The van der Waals surface area contributed by atoms with Crippen LogP contribution >= 0.6 is 0 Å². The van der Waals surface area contributed by atoms with Gasteiger partial charge in [-0.3, -0.25) is 4.79 Å². The van der Waals surface area contributed by atoms with E-state index in [0.717, 1.165) is 28.4 Å². The molecule has 2 heterocycles. The van der Waals surface area contributed by atoms with Crippen molar-refractivity contribution >= 4 is 23.2 Å². The minimum Gasteiger partial charge on any atom is -0.497 e. The molecule has 0 bridgehead atoms. The van der Waals surface area contributed by atoms with Crippen molar-refractivity contribution in [3.05, 3.63) is 47.3 Å². The van der Waals surface area contributed by atoms with Crippen LogP contribution in [0.5, 0.6) is 5.75 Å². The van der Waals surface area contributed by atoms with Crippen LogP contribution in [0.4, 0.5) is 5.69 Å². The largest absolute Gasteiger partial charge is 0.497 e. The predicted molar refractivity (Wildman–Crippen MR) is 75.0 cm³/mol. The molecule has 0 atom stereocenters. The number of rotatable bonds is 2. The zero-order valence-corrected chi connectivity index (χ0v) is 10.8. The number of nitrogens with one attached hydrogen (secondary N) is 2. The number of ether oxygens (including phenoxy) is 1. The molecule has 1 aliphatic heterocycles. The van der Waals surface area contributed by atoms with E-state index in [9.17, 15) is 4.79 Å². The zero-order chi connectivity index (χ0) is 13.4. The lowest BCUT2D eigenvalue weighted by Crippen LogP contribution is -2.03. The van der Waals surface area contributed by atoms with E-state index in [2.05, 4.69) is 10.3 Å². The van der Waals surface area contributed by atoms with Crippen LogP contribution < -0.4 is 10.1 Å². The Bertz CT molecular complexity index is 683. The Morgan fingerprint density at radius 2 is 2.05 bits per heavy atom. The highest BCUT2D eigenvalue weighted by Gasteiger charge is 2.24. The van der Waals surface area contributed by atoms with Crippen molar-refractivity contribution in [2.45, 2.75) is 6.92 Å². The van der Waals surface area contributed by atoms with E-state index in [1.54, 1.807) is 7.11 Å². The second kappa shape index (κ2) is 4.31. The monoisotopic (exact) mass is 254 g/mol. The van der Waals surface area contributed by atoms with Crippen molar-refractivity contribution in [3.63, 3.8) is 0 Å². The molecular weight excluding hydrogens is 240 g/mol. The lowest BCUT2D eigenvalue weighted by molar-refractivity contribution is -0.110. The summed E-state index contributed by atoms with van der Waals surface area (Å²) in [6, 6.07) is 9.49. The lowest BCUT2D eigenvalue weighted by Gasteiger charge is -2.02. The number of carbonyl (C=O) groups is 1. The number of fused-ring (bicyclic) bond motifs is 1. The van der Waals surface area contributed by atoms with Gasteiger partial charge < -0.3 is 15.0 Å². The van der Waals surface area contributed by atoms with E-state index in [4.69, 9.17) is 4.74 Å².